The van der Waals surface area contributed by atoms with Gasteiger partial charge in [0.25, 0.3) is 0 Å². The molecule has 1 N–H and O–H groups in total. The van der Waals surface area contributed by atoms with Crippen LogP contribution in [-0.4, -0.2) is 26.2 Å². The standard InChI is InChI=1S/C14H21FN2/c1-11-9-13(6-7-14(11)15)17(2)10-12-5-3-4-8-16-12/h6-7,9,12,16H,3-5,8,10H2,1-2H3. The second-order valence-electron chi connectivity index (χ2n) is 4.96. The summed E-state index contributed by atoms with van der Waals surface area (Å²) in [5.41, 5.74) is 1.81. The van der Waals surface area contributed by atoms with Gasteiger partial charge in [-0.1, -0.05) is 6.42 Å². The molecule has 1 unspecified atom stereocenters. The Hall–Kier alpha value is -1.09. The highest BCUT2D eigenvalue weighted by molar-refractivity contribution is 5.48. The average molecular weight is 236 g/mol. The van der Waals surface area contributed by atoms with Gasteiger partial charge in [0, 0.05) is 25.3 Å². The molecule has 0 aliphatic carbocycles. The number of piperidine rings is 1. The lowest BCUT2D eigenvalue weighted by Crippen LogP contribution is -2.42. The number of nitrogens with one attached hydrogen (secondary N) is 1. The SMILES string of the molecule is Cc1cc(N(C)CC2CCCCN2)ccc1F. The molecule has 0 aromatic heterocycles. The summed E-state index contributed by atoms with van der Waals surface area (Å²) in [4.78, 5) is 2.20. The highest BCUT2D eigenvalue weighted by Gasteiger charge is 2.15. The van der Waals surface area contributed by atoms with Crippen LogP contribution in [0.15, 0.2) is 18.2 Å². The van der Waals surface area contributed by atoms with Gasteiger partial charge >= 0.3 is 0 Å². The van der Waals surface area contributed by atoms with E-state index in [9.17, 15) is 4.39 Å². The normalized spacial score (nSPS) is 20.3. The van der Waals surface area contributed by atoms with Crippen molar-refractivity contribution in [3.63, 3.8) is 0 Å². The van der Waals surface area contributed by atoms with Gasteiger partial charge in [-0.2, -0.15) is 0 Å². The van der Waals surface area contributed by atoms with Crippen LogP contribution < -0.4 is 10.2 Å². The summed E-state index contributed by atoms with van der Waals surface area (Å²) >= 11 is 0. The van der Waals surface area contributed by atoms with E-state index in [1.165, 1.54) is 19.3 Å². The first-order valence-corrected chi connectivity index (χ1v) is 6.37. The van der Waals surface area contributed by atoms with Gasteiger partial charge in [0.2, 0.25) is 0 Å². The Bertz CT molecular complexity index is 372. The summed E-state index contributed by atoms with van der Waals surface area (Å²) in [6, 6.07) is 5.89. The number of likely N-dealkylation sites (N-methyl/N-ethyl adjacent to an activating group) is 1. The van der Waals surface area contributed by atoms with Crippen LogP contribution in [0.2, 0.25) is 0 Å². The van der Waals surface area contributed by atoms with Gasteiger partial charge < -0.3 is 10.2 Å². The number of hydrogen-bond acceptors (Lipinski definition) is 2. The number of benzene rings is 1. The zero-order valence-electron chi connectivity index (χ0n) is 10.7. The van der Waals surface area contributed by atoms with Gasteiger partial charge in [0.1, 0.15) is 5.82 Å². The van der Waals surface area contributed by atoms with Crippen LogP contribution in [0.1, 0.15) is 24.8 Å². The summed E-state index contributed by atoms with van der Waals surface area (Å²) in [5.74, 6) is -0.127. The first-order chi connectivity index (χ1) is 8.16. The monoisotopic (exact) mass is 236 g/mol. The van der Waals surface area contributed by atoms with Gasteiger partial charge in [-0.3, -0.25) is 0 Å². The van der Waals surface area contributed by atoms with Crippen LogP contribution >= 0.6 is 0 Å². The molecule has 3 heteroatoms. The van der Waals surface area contributed by atoms with Crippen molar-refractivity contribution >= 4 is 5.69 Å². The molecular formula is C14H21FN2. The third-order valence-electron chi connectivity index (χ3n) is 3.49. The number of nitrogens with zero attached hydrogens (tertiary/aromatic N) is 1. The molecule has 94 valence electrons. The molecule has 1 fully saturated rings. The third kappa shape index (κ3) is 3.19. The Balaban J connectivity index is 1.98. The molecule has 2 nitrogen and oxygen atoms in total. The molecule has 1 atom stereocenters. The van der Waals surface area contributed by atoms with Crippen LogP contribution in [0.3, 0.4) is 0 Å². The van der Waals surface area contributed by atoms with Crippen LogP contribution in [-0.2, 0) is 0 Å². The Morgan fingerprint density at radius 2 is 2.24 bits per heavy atom. The van der Waals surface area contributed by atoms with Crippen molar-refractivity contribution in [3.05, 3.63) is 29.6 Å². The summed E-state index contributed by atoms with van der Waals surface area (Å²) in [5, 5.41) is 3.53. The highest BCUT2D eigenvalue weighted by Crippen LogP contribution is 2.18. The van der Waals surface area contributed by atoms with E-state index >= 15 is 0 Å². The molecule has 0 amide bonds. The lowest BCUT2D eigenvalue weighted by Gasteiger charge is -2.29. The Kier molecular flexibility index (Phi) is 4.00. The lowest BCUT2D eigenvalue weighted by molar-refractivity contribution is 0.403. The molecule has 0 saturated carbocycles. The molecule has 17 heavy (non-hydrogen) atoms. The van der Waals surface area contributed by atoms with E-state index in [1.54, 1.807) is 6.07 Å². The fraction of sp³-hybridized carbons (Fsp3) is 0.571. The minimum atomic E-state index is -0.127. The minimum absolute atomic E-state index is 0.127. The smallest absolute Gasteiger partial charge is 0.126 e. The van der Waals surface area contributed by atoms with E-state index in [0.717, 1.165) is 18.8 Å². The van der Waals surface area contributed by atoms with Gasteiger partial charge in [-0.15, -0.1) is 0 Å². The van der Waals surface area contributed by atoms with Crippen LogP contribution in [0.5, 0.6) is 0 Å². The lowest BCUT2D eigenvalue weighted by atomic mass is 10.0. The average Bonchev–Trinajstić information content (AvgIpc) is 2.34. The topological polar surface area (TPSA) is 15.3 Å². The van der Waals surface area contributed by atoms with Crippen molar-refractivity contribution in [1.82, 2.24) is 5.32 Å². The fourth-order valence-electron chi connectivity index (χ4n) is 2.38. The minimum Gasteiger partial charge on any atom is -0.373 e. The van der Waals surface area contributed by atoms with Crippen LogP contribution in [0.25, 0.3) is 0 Å². The summed E-state index contributed by atoms with van der Waals surface area (Å²) in [7, 11) is 2.07. The van der Waals surface area contributed by atoms with Crippen molar-refractivity contribution in [3.8, 4) is 0 Å². The summed E-state index contributed by atoms with van der Waals surface area (Å²) in [6.07, 6.45) is 3.84. The maximum absolute atomic E-state index is 13.2. The van der Waals surface area contributed by atoms with E-state index in [-0.39, 0.29) is 5.82 Å². The molecule has 1 aromatic rings. The van der Waals surface area contributed by atoms with Gasteiger partial charge in [0.15, 0.2) is 0 Å². The second-order valence-corrected chi connectivity index (χ2v) is 4.96. The zero-order chi connectivity index (χ0) is 12.3. The number of hydrogen-bond donors (Lipinski definition) is 1. The number of aryl methyl sites for hydroxylation is 1. The fourth-order valence-corrected chi connectivity index (χ4v) is 2.38. The van der Waals surface area contributed by atoms with E-state index in [0.29, 0.717) is 11.6 Å². The molecular weight excluding hydrogens is 215 g/mol. The molecule has 0 radical (unpaired) electrons. The summed E-state index contributed by atoms with van der Waals surface area (Å²) < 4.78 is 13.2. The van der Waals surface area contributed by atoms with Crippen molar-refractivity contribution in [2.24, 2.45) is 0 Å². The van der Waals surface area contributed by atoms with Gasteiger partial charge in [-0.25, -0.2) is 4.39 Å². The molecule has 1 aromatic carbocycles. The van der Waals surface area contributed by atoms with Crippen LogP contribution in [0.4, 0.5) is 10.1 Å². The largest absolute Gasteiger partial charge is 0.373 e. The number of halogens is 1. The number of rotatable bonds is 3. The highest BCUT2D eigenvalue weighted by atomic mass is 19.1. The van der Waals surface area contributed by atoms with Crippen molar-refractivity contribution in [2.45, 2.75) is 32.2 Å². The molecule has 1 heterocycles. The third-order valence-corrected chi connectivity index (χ3v) is 3.49. The Labute approximate surface area is 103 Å². The summed E-state index contributed by atoms with van der Waals surface area (Å²) in [6.45, 7) is 3.93. The molecule has 0 bridgehead atoms. The Morgan fingerprint density at radius 1 is 1.41 bits per heavy atom. The maximum atomic E-state index is 13.2. The maximum Gasteiger partial charge on any atom is 0.126 e. The van der Waals surface area contributed by atoms with Crippen molar-refractivity contribution in [1.29, 1.82) is 0 Å². The van der Waals surface area contributed by atoms with Crippen molar-refractivity contribution in [2.75, 3.05) is 25.0 Å². The first-order valence-electron chi connectivity index (χ1n) is 6.37. The van der Waals surface area contributed by atoms with Crippen molar-refractivity contribution < 1.29 is 4.39 Å². The van der Waals surface area contributed by atoms with E-state index in [2.05, 4.69) is 17.3 Å². The molecule has 1 aliphatic rings. The quantitative estimate of drug-likeness (QED) is 0.868. The predicted octanol–water partition coefficient (Wildman–Crippen LogP) is 2.71. The molecule has 1 saturated heterocycles. The van der Waals surface area contributed by atoms with Gasteiger partial charge in [0.05, 0.1) is 0 Å². The Morgan fingerprint density at radius 3 is 2.88 bits per heavy atom. The van der Waals surface area contributed by atoms with E-state index in [1.807, 2.05) is 19.1 Å². The zero-order valence-corrected chi connectivity index (χ0v) is 10.7. The van der Waals surface area contributed by atoms with E-state index < -0.39 is 0 Å². The van der Waals surface area contributed by atoms with E-state index in [4.69, 9.17) is 0 Å². The predicted molar refractivity (Wildman–Crippen MR) is 70.0 cm³/mol. The molecule has 0 spiro atoms. The number of anilines is 1. The first kappa shape index (κ1) is 12.4. The van der Waals surface area contributed by atoms with Gasteiger partial charge in [-0.05, 0) is 50.1 Å². The van der Waals surface area contributed by atoms with Crippen LogP contribution in [0, 0.1) is 12.7 Å². The molecule has 1 aliphatic heterocycles. The second kappa shape index (κ2) is 5.50. The molecule has 2 rings (SSSR count).